The Bertz CT molecular complexity index is 1280. The minimum absolute atomic E-state index is 0.0192. The lowest BCUT2D eigenvalue weighted by atomic mass is 10.0. The highest BCUT2D eigenvalue weighted by Gasteiger charge is 2.22. The van der Waals surface area contributed by atoms with Crippen molar-refractivity contribution in [3.05, 3.63) is 89.5 Å². The third-order valence-electron chi connectivity index (χ3n) is 6.47. The predicted octanol–water partition coefficient (Wildman–Crippen LogP) is 5.26. The average Bonchev–Trinajstić information content (AvgIpc) is 3.35. The van der Waals surface area contributed by atoms with Gasteiger partial charge >= 0.3 is 0 Å². The van der Waals surface area contributed by atoms with E-state index < -0.39 is 0 Å². The van der Waals surface area contributed by atoms with Crippen molar-refractivity contribution in [2.45, 2.75) is 12.8 Å². The second-order valence-corrected chi connectivity index (χ2v) is 9.96. The lowest BCUT2D eigenvalue weighted by molar-refractivity contribution is 0.0376. The van der Waals surface area contributed by atoms with Gasteiger partial charge in [-0.2, -0.15) is 0 Å². The lowest BCUT2D eigenvalue weighted by Crippen LogP contribution is -2.39. The molecule has 1 aliphatic rings. The number of anilines is 1. The molecular weight excluding hydrogens is 470 g/mol. The minimum atomic E-state index is -0.0192. The van der Waals surface area contributed by atoms with E-state index in [1.54, 1.807) is 18.4 Å². The van der Waals surface area contributed by atoms with Crippen LogP contribution in [-0.4, -0.2) is 62.3 Å². The number of amides is 1. The number of fused-ring (bicyclic) bond motifs is 1. The van der Waals surface area contributed by atoms with E-state index in [1.165, 1.54) is 11.1 Å². The number of thiazole rings is 1. The first-order chi connectivity index (χ1) is 17.7. The number of methoxy groups -OCH3 is 1. The normalized spacial score (nSPS) is 14.1. The minimum Gasteiger partial charge on any atom is -0.497 e. The fraction of sp³-hybridized carbons (Fsp3) is 0.310. The van der Waals surface area contributed by atoms with Gasteiger partial charge in [0.2, 0.25) is 0 Å². The largest absolute Gasteiger partial charge is 0.497 e. The van der Waals surface area contributed by atoms with E-state index in [2.05, 4.69) is 41.3 Å². The number of rotatable bonds is 9. The molecule has 1 saturated heterocycles. The monoisotopic (exact) mass is 501 g/mol. The highest BCUT2D eigenvalue weighted by atomic mass is 32.1. The number of benzene rings is 3. The van der Waals surface area contributed by atoms with Crippen LogP contribution in [0.2, 0.25) is 0 Å². The summed E-state index contributed by atoms with van der Waals surface area (Å²) in [6.07, 6.45) is 1.72. The third kappa shape index (κ3) is 5.93. The molecule has 4 aromatic rings. The van der Waals surface area contributed by atoms with Crippen molar-refractivity contribution >= 4 is 32.6 Å². The summed E-state index contributed by atoms with van der Waals surface area (Å²) in [5.41, 5.74) is 3.96. The Labute approximate surface area is 216 Å². The van der Waals surface area contributed by atoms with Gasteiger partial charge in [-0.1, -0.05) is 53.8 Å². The van der Waals surface area contributed by atoms with Gasteiger partial charge in [0.1, 0.15) is 5.75 Å². The van der Waals surface area contributed by atoms with Gasteiger partial charge in [-0.05, 0) is 48.2 Å². The molecule has 1 aliphatic heterocycles. The number of carbonyl (C=O) groups is 1. The number of carbonyl (C=O) groups excluding carboxylic acids is 1. The van der Waals surface area contributed by atoms with Crippen LogP contribution in [0.15, 0.2) is 72.8 Å². The molecule has 2 heterocycles. The fourth-order valence-electron chi connectivity index (χ4n) is 4.45. The van der Waals surface area contributed by atoms with Crippen molar-refractivity contribution < 1.29 is 14.3 Å². The number of hydrogen-bond donors (Lipinski definition) is 0. The molecule has 0 unspecified atom stereocenters. The Morgan fingerprint density at radius 3 is 2.53 bits per heavy atom. The van der Waals surface area contributed by atoms with E-state index in [-0.39, 0.29) is 5.91 Å². The maximum absolute atomic E-state index is 13.7. The first kappa shape index (κ1) is 24.4. The number of hydrogen-bond acceptors (Lipinski definition) is 6. The first-order valence-electron chi connectivity index (χ1n) is 12.4. The van der Waals surface area contributed by atoms with Crippen LogP contribution in [0, 0.1) is 0 Å². The molecule has 1 amide bonds. The van der Waals surface area contributed by atoms with E-state index >= 15 is 0 Å². The molecule has 0 spiro atoms. The zero-order valence-electron chi connectivity index (χ0n) is 20.6. The van der Waals surface area contributed by atoms with Crippen molar-refractivity contribution in [3.8, 4) is 5.75 Å². The van der Waals surface area contributed by atoms with Crippen LogP contribution in [0.3, 0.4) is 0 Å². The molecule has 0 atom stereocenters. The molecule has 6 nitrogen and oxygen atoms in total. The zero-order valence-corrected chi connectivity index (χ0v) is 21.4. The van der Waals surface area contributed by atoms with E-state index in [0.29, 0.717) is 12.1 Å². The highest BCUT2D eigenvalue weighted by Crippen LogP contribution is 2.32. The predicted molar refractivity (Wildman–Crippen MR) is 145 cm³/mol. The molecule has 1 fully saturated rings. The highest BCUT2D eigenvalue weighted by molar-refractivity contribution is 7.22. The fourth-order valence-corrected chi connectivity index (χ4v) is 5.42. The number of aromatic nitrogens is 1. The van der Waals surface area contributed by atoms with Crippen LogP contribution in [-0.2, 0) is 11.2 Å². The first-order valence-corrected chi connectivity index (χ1v) is 13.2. The van der Waals surface area contributed by atoms with Crippen molar-refractivity contribution in [2.24, 2.45) is 0 Å². The van der Waals surface area contributed by atoms with Gasteiger partial charge in [0.25, 0.3) is 5.91 Å². The van der Waals surface area contributed by atoms with Gasteiger partial charge in [-0.25, -0.2) is 4.98 Å². The Hall–Kier alpha value is -3.26. The maximum atomic E-state index is 13.7. The Morgan fingerprint density at radius 1 is 1.03 bits per heavy atom. The molecule has 36 heavy (non-hydrogen) atoms. The Morgan fingerprint density at radius 2 is 1.78 bits per heavy atom. The van der Waals surface area contributed by atoms with Crippen molar-refractivity contribution in [2.75, 3.05) is 51.4 Å². The molecule has 186 valence electrons. The van der Waals surface area contributed by atoms with Crippen LogP contribution in [0.1, 0.15) is 27.9 Å². The summed E-state index contributed by atoms with van der Waals surface area (Å²) in [6, 6.07) is 24.2. The summed E-state index contributed by atoms with van der Waals surface area (Å²) < 4.78 is 11.9. The van der Waals surface area contributed by atoms with Gasteiger partial charge in [0.05, 0.1) is 30.5 Å². The molecule has 0 bridgehead atoms. The van der Waals surface area contributed by atoms with E-state index in [1.807, 2.05) is 41.3 Å². The van der Waals surface area contributed by atoms with Gasteiger partial charge in [-0.3, -0.25) is 14.6 Å². The van der Waals surface area contributed by atoms with Crippen LogP contribution in [0.4, 0.5) is 5.13 Å². The molecule has 0 radical (unpaired) electrons. The summed E-state index contributed by atoms with van der Waals surface area (Å²) in [5.74, 6) is 0.743. The summed E-state index contributed by atoms with van der Waals surface area (Å²) in [4.78, 5) is 22.8. The summed E-state index contributed by atoms with van der Waals surface area (Å²) in [5, 5.41) is 0.721. The second-order valence-electron chi connectivity index (χ2n) is 8.95. The van der Waals surface area contributed by atoms with Crippen LogP contribution in [0.5, 0.6) is 5.75 Å². The summed E-state index contributed by atoms with van der Waals surface area (Å²) in [7, 11) is 1.65. The third-order valence-corrected chi connectivity index (χ3v) is 7.53. The van der Waals surface area contributed by atoms with Gasteiger partial charge < -0.3 is 9.47 Å². The molecule has 0 N–H and O–H groups in total. The van der Waals surface area contributed by atoms with Crippen molar-refractivity contribution in [3.63, 3.8) is 0 Å². The van der Waals surface area contributed by atoms with Gasteiger partial charge in [0.15, 0.2) is 5.13 Å². The van der Waals surface area contributed by atoms with E-state index in [4.69, 9.17) is 14.5 Å². The molecule has 1 aromatic heterocycles. The number of ether oxygens (including phenoxy) is 2. The Balaban J connectivity index is 1.35. The zero-order chi connectivity index (χ0) is 24.7. The SMILES string of the molecule is COc1ccc2sc(N(CCCN3CCOCC3)C(=O)c3ccc(Cc4ccccc4)cc3)nc2c1. The lowest BCUT2D eigenvalue weighted by Gasteiger charge is -2.27. The van der Waals surface area contributed by atoms with Gasteiger partial charge in [0, 0.05) is 37.8 Å². The van der Waals surface area contributed by atoms with Crippen LogP contribution < -0.4 is 9.64 Å². The maximum Gasteiger partial charge on any atom is 0.260 e. The quantitative estimate of drug-likeness (QED) is 0.313. The number of morpholine rings is 1. The van der Waals surface area contributed by atoms with Crippen molar-refractivity contribution in [1.82, 2.24) is 9.88 Å². The smallest absolute Gasteiger partial charge is 0.260 e. The Kier molecular flexibility index (Phi) is 7.91. The van der Waals surface area contributed by atoms with E-state index in [9.17, 15) is 4.79 Å². The number of nitrogens with zero attached hydrogens (tertiary/aromatic N) is 3. The average molecular weight is 502 g/mol. The van der Waals surface area contributed by atoms with Crippen molar-refractivity contribution in [1.29, 1.82) is 0 Å². The van der Waals surface area contributed by atoms with Crippen LogP contribution >= 0.6 is 11.3 Å². The molecular formula is C29H31N3O3S. The molecule has 3 aromatic carbocycles. The topological polar surface area (TPSA) is 54.9 Å². The second kappa shape index (κ2) is 11.6. The standard InChI is InChI=1S/C29H31N3O3S/c1-34-25-12-13-27-26(21-25)30-29(36-27)32(15-5-14-31-16-18-35-19-17-31)28(33)24-10-8-23(9-11-24)20-22-6-3-2-4-7-22/h2-4,6-13,21H,5,14-20H2,1H3. The molecule has 0 aliphatic carbocycles. The molecule has 7 heteroatoms. The summed E-state index contributed by atoms with van der Waals surface area (Å²) >= 11 is 1.54. The molecule has 0 saturated carbocycles. The summed E-state index contributed by atoms with van der Waals surface area (Å²) in [6.45, 7) is 4.98. The molecule has 5 rings (SSSR count). The van der Waals surface area contributed by atoms with E-state index in [0.717, 1.165) is 66.8 Å². The van der Waals surface area contributed by atoms with Gasteiger partial charge in [-0.15, -0.1) is 0 Å². The van der Waals surface area contributed by atoms with Crippen LogP contribution in [0.25, 0.3) is 10.2 Å².